The first-order chi connectivity index (χ1) is 24.2. The number of anilines is 2. The number of nitrogens with two attached hydrogens (primary N) is 1. The highest BCUT2D eigenvalue weighted by molar-refractivity contribution is 7.23. The Morgan fingerprint density at radius 3 is 2.69 bits per heavy atom. The number of hydrogen-bond acceptors (Lipinski definition) is 8. The molecule has 2 aromatic heterocycles. The van der Waals surface area contributed by atoms with Crippen molar-refractivity contribution in [2.45, 2.75) is 63.1 Å². The second-order valence-electron chi connectivity index (χ2n) is 13.5. The van der Waals surface area contributed by atoms with Gasteiger partial charge in [-0.25, -0.2) is 18.0 Å². The van der Waals surface area contributed by atoms with Gasteiger partial charge in [0, 0.05) is 54.5 Å². The van der Waals surface area contributed by atoms with Gasteiger partial charge in [-0.15, -0.1) is 11.3 Å². The van der Waals surface area contributed by atoms with Crippen LogP contribution in [0.4, 0.5) is 42.8 Å². The molecule has 51 heavy (non-hydrogen) atoms. The lowest BCUT2D eigenvalue weighted by molar-refractivity contribution is -0.137. The smallest absolute Gasteiger partial charge is 0.417 e. The monoisotopic (exact) mass is 729 g/mol. The van der Waals surface area contributed by atoms with E-state index >= 15 is 17.6 Å². The first-order valence-electron chi connectivity index (χ1n) is 16.4. The van der Waals surface area contributed by atoms with Gasteiger partial charge < -0.3 is 20.3 Å². The van der Waals surface area contributed by atoms with Crippen LogP contribution in [0, 0.1) is 18.2 Å². The molecule has 9 nitrogen and oxygen atoms in total. The maximum absolute atomic E-state index is 17.2. The van der Waals surface area contributed by atoms with Gasteiger partial charge in [-0.2, -0.15) is 23.1 Å². The van der Waals surface area contributed by atoms with Gasteiger partial charge in [0.15, 0.2) is 5.82 Å². The van der Waals surface area contributed by atoms with Crippen LogP contribution in [-0.4, -0.2) is 82.3 Å². The third-order valence-electron chi connectivity index (χ3n) is 10.3. The Bertz CT molecular complexity index is 2130. The number of hydrogen-bond donors (Lipinski definition) is 1. The summed E-state index contributed by atoms with van der Waals surface area (Å²) in [6.45, 7) is 15.9. The molecule has 268 valence electrons. The van der Waals surface area contributed by atoms with Crippen LogP contribution in [0.1, 0.15) is 38.7 Å². The first kappa shape index (κ1) is 34.8. The van der Waals surface area contributed by atoms with E-state index in [-0.39, 0.29) is 82.1 Å². The standard InChI is InChI=1S/C35H33F6N7O2S/c1-5-24(49)47-13-18(3)48(14-17(47)2)32-21-11-22(35(39,40)41)25(20-7-8-23(37)30-26(20)29(43-4)31(42)51-30)27(38)28(21)44-33(45-32)50-16-34-9-6-10-46(34)15-19(36)12-34/h5,7-8,11,17-19H,1,6,9-10,12-16,42H2,2-3H3/t17-,18-,19+,34-/m0/s1. The van der Waals surface area contributed by atoms with Gasteiger partial charge in [-0.3, -0.25) is 9.69 Å². The fourth-order valence-corrected chi connectivity index (χ4v) is 8.89. The minimum Gasteiger partial charge on any atom is -0.461 e. The van der Waals surface area contributed by atoms with Gasteiger partial charge >= 0.3 is 12.2 Å². The summed E-state index contributed by atoms with van der Waals surface area (Å²) >= 11 is 0.683. The van der Waals surface area contributed by atoms with E-state index in [1.807, 2.05) is 4.90 Å². The van der Waals surface area contributed by atoms with Crippen LogP contribution in [0.25, 0.3) is 37.0 Å². The average molecular weight is 730 g/mol. The minimum atomic E-state index is -5.12. The molecule has 3 aliphatic rings. The predicted molar refractivity (Wildman–Crippen MR) is 183 cm³/mol. The number of thiophene rings is 1. The highest BCUT2D eigenvalue weighted by Crippen LogP contribution is 2.51. The maximum atomic E-state index is 17.2. The Labute approximate surface area is 293 Å². The summed E-state index contributed by atoms with van der Waals surface area (Å²) in [5, 5.41) is -0.631. The zero-order chi connectivity index (χ0) is 36.6. The fraction of sp³-hybridized carbons (Fsp3) is 0.429. The van der Waals surface area contributed by atoms with Gasteiger partial charge in [-0.1, -0.05) is 12.6 Å². The summed E-state index contributed by atoms with van der Waals surface area (Å²) in [5.41, 5.74) is 1.86. The van der Waals surface area contributed by atoms with E-state index < -0.39 is 58.2 Å². The summed E-state index contributed by atoms with van der Waals surface area (Å²) < 4.78 is 97.7. The highest BCUT2D eigenvalue weighted by atomic mass is 32.1. The molecule has 3 aliphatic heterocycles. The van der Waals surface area contributed by atoms with E-state index in [0.717, 1.165) is 24.6 Å². The van der Waals surface area contributed by atoms with Crippen molar-refractivity contribution in [3.8, 4) is 17.1 Å². The number of nitrogen functional groups attached to an aromatic ring is 1. The number of rotatable bonds is 6. The van der Waals surface area contributed by atoms with Crippen molar-refractivity contribution in [3.63, 3.8) is 0 Å². The molecule has 7 rings (SSSR count). The number of piperazine rings is 1. The van der Waals surface area contributed by atoms with E-state index in [1.165, 1.54) is 6.08 Å². The summed E-state index contributed by atoms with van der Waals surface area (Å²) in [5.74, 6) is -2.57. The molecule has 4 atom stereocenters. The summed E-state index contributed by atoms with van der Waals surface area (Å²) in [6, 6.07) is 1.42. The zero-order valence-electron chi connectivity index (χ0n) is 27.7. The average Bonchev–Trinajstić information content (AvgIpc) is 3.73. The topological polar surface area (TPSA) is 92.2 Å². The molecule has 2 aromatic carbocycles. The van der Waals surface area contributed by atoms with Gasteiger partial charge in [0.1, 0.15) is 29.9 Å². The molecule has 0 aliphatic carbocycles. The van der Waals surface area contributed by atoms with Crippen LogP contribution in [0.15, 0.2) is 30.9 Å². The molecule has 3 saturated heterocycles. The number of carbonyl (C=O) groups excluding carboxylic acids is 1. The normalized spacial score (nSPS) is 23.9. The third kappa shape index (κ3) is 5.70. The molecule has 2 N–H and O–H groups in total. The number of nitrogens with zero attached hydrogens (tertiary/aromatic N) is 6. The lowest BCUT2D eigenvalue weighted by Crippen LogP contribution is -2.58. The second kappa shape index (κ2) is 12.6. The van der Waals surface area contributed by atoms with Crippen molar-refractivity contribution in [1.29, 1.82) is 0 Å². The number of fused-ring (bicyclic) bond motifs is 3. The molecule has 0 radical (unpaired) electrons. The lowest BCUT2D eigenvalue weighted by Gasteiger charge is -2.44. The van der Waals surface area contributed by atoms with Crippen molar-refractivity contribution in [2.24, 2.45) is 0 Å². The molecule has 5 heterocycles. The SMILES string of the molecule is [C-]#[N+]c1c(N)sc2c(F)ccc(-c3c(C(F)(F)F)cc4c(N5C[C@H](C)N(C(=O)C=C)C[C@@H]5C)nc(OC[C@@]56CCCN5C[C@H](F)C6)nc4c3F)c12. The second-order valence-corrected chi connectivity index (χ2v) is 14.5. The first-order valence-corrected chi connectivity index (χ1v) is 17.2. The zero-order valence-corrected chi connectivity index (χ0v) is 28.5. The van der Waals surface area contributed by atoms with Gasteiger partial charge in [-0.05, 0) is 57.0 Å². The molecule has 0 unspecified atom stereocenters. The van der Waals surface area contributed by atoms with E-state index in [9.17, 15) is 13.6 Å². The highest BCUT2D eigenvalue weighted by Gasteiger charge is 2.49. The largest absolute Gasteiger partial charge is 0.461 e. The molecule has 3 fully saturated rings. The van der Waals surface area contributed by atoms with Crippen molar-refractivity contribution in [2.75, 3.05) is 43.4 Å². The molecule has 16 heteroatoms. The van der Waals surface area contributed by atoms with Crippen LogP contribution in [0.5, 0.6) is 6.01 Å². The Morgan fingerprint density at radius 1 is 1.22 bits per heavy atom. The minimum absolute atomic E-state index is 0.0256. The summed E-state index contributed by atoms with van der Waals surface area (Å²) in [7, 11) is 0. The summed E-state index contributed by atoms with van der Waals surface area (Å²) in [6.07, 6.45) is -3.29. The fourth-order valence-electron chi connectivity index (χ4n) is 7.95. The molecule has 4 aromatic rings. The number of benzene rings is 2. The number of amides is 1. The molecule has 1 amide bonds. The van der Waals surface area contributed by atoms with Gasteiger partial charge in [0.05, 0.1) is 27.4 Å². The van der Waals surface area contributed by atoms with Crippen LogP contribution in [0.3, 0.4) is 0 Å². The number of halogens is 6. The van der Waals surface area contributed by atoms with Crippen molar-refractivity contribution in [3.05, 3.63) is 59.5 Å². The van der Waals surface area contributed by atoms with E-state index in [0.29, 0.717) is 24.3 Å². The molecule has 0 bridgehead atoms. The van der Waals surface area contributed by atoms with Gasteiger partial charge in [0.2, 0.25) is 11.6 Å². The van der Waals surface area contributed by atoms with E-state index in [4.69, 9.17) is 17.0 Å². The van der Waals surface area contributed by atoms with Crippen LogP contribution in [0.2, 0.25) is 0 Å². The van der Waals surface area contributed by atoms with Crippen LogP contribution < -0.4 is 15.4 Å². The molecular weight excluding hydrogens is 696 g/mol. The van der Waals surface area contributed by atoms with Crippen molar-refractivity contribution < 1.29 is 35.9 Å². The number of alkyl halides is 4. The Balaban J connectivity index is 1.46. The molecule has 0 saturated carbocycles. The van der Waals surface area contributed by atoms with E-state index in [1.54, 1.807) is 23.6 Å². The lowest BCUT2D eigenvalue weighted by atomic mass is 9.93. The molecule has 0 spiro atoms. The number of aromatic nitrogens is 2. The van der Waals surface area contributed by atoms with E-state index in [2.05, 4.69) is 21.4 Å². The Morgan fingerprint density at radius 2 is 1.98 bits per heavy atom. The maximum Gasteiger partial charge on any atom is 0.417 e. The van der Waals surface area contributed by atoms with Gasteiger partial charge in [0.25, 0.3) is 0 Å². The summed E-state index contributed by atoms with van der Waals surface area (Å²) in [4.78, 5) is 30.1. The van der Waals surface area contributed by atoms with Crippen LogP contribution in [-0.2, 0) is 11.0 Å². The van der Waals surface area contributed by atoms with Crippen LogP contribution >= 0.6 is 11.3 Å². The number of ether oxygens (including phenoxy) is 1. The number of carbonyl (C=O) groups is 1. The quantitative estimate of drug-likeness (QED) is 0.125. The Kier molecular flexibility index (Phi) is 8.57. The third-order valence-corrected chi connectivity index (χ3v) is 11.3. The molecular formula is C35H33F6N7O2S. The Hall–Kier alpha value is -4.62. The predicted octanol–water partition coefficient (Wildman–Crippen LogP) is 7.51. The van der Waals surface area contributed by atoms with Crippen molar-refractivity contribution in [1.82, 2.24) is 19.8 Å². The van der Waals surface area contributed by atoms with Crippen molar-refractivity contribution >= 4 is 54.7 Å².